The number of nitrogen functional groups attached to an aromatic ring is 1. The average Bonchev–Trinajstić information content (AvgIpc) is 0.781. The number of aromatic nitrogens is 8. The van der Waals surface area contributed by atoms with Crippen LogP contribution in [0.5, 0.6) is 35.3 Å². The normalized spacial score (nSPS) is 17.8. The van der Waals surface area contributed by atoms with Crippen molar-refractivity contribution in [3.63, 3.8) is 0 Å². The number of amides is 4. The van der Waals surface area contributed by atoms with Crippen molar-refractivity contribution in [3.05, 3.63) is 260 Å². The van der Waals surface area contributed by atoms with Crippen LogP contribution in [0.1, 0.15) is 90.5 Å². The maximum Gasteiger partial charge on any atom is 0.318 e. The van der Waals surface area contributed by atoms with E-state index in [2.05, 4.69) is 125 Å². The van der Waals surface area contributed by atoms with E-state index in [9.17, 15) is 39.6 Å². The third kappa shape index (κ3) is 23.6. The van der Waals surface area contributed by atoms with Crippen LogP contribution < -0.4 is 59.1 Å². The summed E-state index contributed by atoms with van der Waals surface area (Å²) in [6.07, 6.45) is 17.5. The Morgan fingerprint density at radius 3 is 1.22 bits per heavy atom. The number of nitrogens with two attached hydrogens (primary N) is 1. The molecule has 12 aromatic rings. The van der Waals surface area contributed by atoms with Gasteiger partial charge in [0, 0.05) is 228 Å². The number of aliphatic hydroxyl groups excluding tert-OH is 1. The minimum absolute atomic E-state index is 0.00825. The number of hydrogen-bond acceptors (Lipinski definition) is 30. The van der Waals surface area contributed by atoms with E-state index in [1.807, 2.05) is 137 Å². The number of likely N-dealkylation sites (tertiary alicyclic amines) is 1. The van der Waals surface area contributed by atoms with E-state index in [4.69, 9.17) is 54.8 Å². The highest BCUT2D eigenvalue weighted by Crippen LogP contribution is 2.44. The molecule has 4 amide bonds. The van der Waals surface area contributed by atoms with Crippen LogP contribution in [-0.4, -0.2) is 310 Å². The van der Waals surface area contributed by atoms with Crippen LogP contribution in [0, 0.1) is 5.92 Å². The van der Waals surface area contributed by atoms with Gasteiger partial charge in [-0.3, -0.25) is 29.1 Å². The first-order chi connectivity index (χ1) is 73.0. The van der Waals surface area contributed by atoms with Crippen molar-refractivity contribution in [2.75, 3.05) is 229 Å². The number of hydrogen-bond donors (Lipinski definition) is 5. The van der Waals surface area contributed by atoms with E-state index >= 15 is 0 Å². The SMILES string of the molecule is C=CC(=O)N1CCN(c2ccnc3c2CCN(c2nc(N)cc4ccccc24)C3)CC1.C=CC(=O)N1CCN(c2nc(OCC(CO)N(C)C)nc3c2CCN(c2cc(O)cc4ccccc24)C3)CC1.C=CC(=O)N1CCN(c2nc(OC[C@@H]3CCC(=C)C3)nc3c2CCN(c2cc(O)cc4ccccc24)C3)CC1.C=CC(=O)N1CCN(c2nc(O[C@H](C)CN3CCCCC3)nc3c2CCN(c2cc(O)cc4ccccc24)C3)CC1. The van der Waals surface area contributed by atoms with Crippen molar-refractivity contribution in [3.8, 4) is 35.3 Å². The summed E-state index contributed by atoms with van der Waals surface area (Å²) < 4.78 is 18.6. The molecule has 1 saturated carbocycles. The van der Waals surface area contributed by atoms with Crippen molar-refractivity contribution >= 4 is 119 Å². The minimum atomic E-state index is -0.184. The summed E-state index contributed by atoms with van der Waals surface area (Å²) in [4.78, 5) is 117. The highest BCUT2D eigenvalue weighted by Gasteiger charge is 2.37. The molecule has 34 nitrogen and oxygen atoms in total. The first kappa shape index (κ1) is 103. The number of nitrogens with zero attached hydrogens (tertiary/aromatic N) is 22. The molecule has 22 rings (SSSR count). The van der Waals surface area contributed by atoms with E-state index in [0.717, 1.165) is 227 Å². The highest BCUT2D eigenvalue weighted by atomic mass is 16.5. The number of rotatable bonds is 24. The lowest BCUT2D eigenvalue weighted by atomic mass is 10.0. The van der Waals surface area contributed by atoms with Crippen LogP contribution in [0.2, 0.25) is 0 Å². The van der Waals surface area contributed by atoms with Crippen molar-refractivity contribution < 1.29 is 53.8 Å². The summed E-state index contributed by atoms with van der Waals surface area (Å²) in [5.41, 5.74) is 20.1. The Morgan fingerprint density at radius 2 is 0.800 bits per heavy atom. The van der Waals surface area contributed by atoms with E-state index < -0.39 is 0 Å². The summed E-state index contributed by atoms with van der Waals surface area (Å²) in [5.74, 6) is 5.21. The number of piperidine rings is 1. The molecular formula is C116H137N23O11. The Balaban J connectivity index is 0.000000126. The Labute approximate surface area is 876 Å². The minimum Gasteiger partial charge on any atom is -0.508 e. The maximum absolute atomic E-state index is 12.2. The lowest BCUT2D eigenvalue weighted by Crippen LogP contribution is -2.49. The fraction of sp³-hybridized carbons (Fsp3) is 0.397. The Kier molecular flexibility index (Phi) is 32.3. The number of likely N-dealkylation sites (N-methyl/N-ethyl adjacent to an activating group) is 1. The van der Waals surface area contributed by atoms with Crippen LogP contribution >= 0.6 is 0 Å². The summed E-state index contributed by atoms with van der Waals surface area (Å²) in [6, 6.07) is 48.4. The van der Waals surface area contributed by atoms with Gasteiger partial charge in [-0.2, -0.15) is 29.9 Å². The number of piperazine rings is 4. The average molecular weight is 2030 g/mol. The van der Waals surface area contributed by atoms with Crippen molar-refractivity contribution in [1.29, 1.82) is 0 Å². The fourth-order valence-electron chi connectivity index (χ4n) is 22.4. The molecule has 5 saturated heterocycles. The van der Waals surface area contributed by atoms with Gasteiger partial charge in [0.15, 0.2) is 0 Å². The van der Waals surface area contributed by atoms with E-state index in [0.29, 0.717) is 148 Å². The molecule has 5 aromatic heterocycles. The van der Waals surface area contributed by atoms with Crippen molar-refractivity contribution in [2.45, 2.75) is 109 Å². The molecule has 1 aliphatic carbocycles. The first-order valence-corrected chi connectivity index (χ1v) is 52.7. The van der Waals surface area contributed by atoms with Crippen LogP contribution in [0.3, 0.4) is 0 Å². The number of anilines is 9. The lowest BCUT2D eigenvalue weighted by molar-refractivity contribution is -0.127. The second kappa shape index (κ2) is 47.0. The number of ether oxygens (including phenoxy) is 3. The van der Waals surface area contributed by atoms with Gasteiger partial charge in [0.25, 0.3) is 0 Å². The number of aliphatic hydroxyl groups is 1. The van der Waals surface area contributed by atoms with Crippen molar-refractivity contribution in [1.82, 2.24) is 69.3 Å². The molecule has 782 valence electrons. The zero-order valence-corrected chi connectivity index (χ0v) is 86.4. The number of benzene rings is 7. The molecule has 0 bridgehead atoms. The smallest absolute Gasteiger partial charge is 0.318 e. The number of carbonyl (C=O) groups is 4. The topological polar surface area (TPSA) is 351 Å². The molecule has 150 heavy (non-hydrogen) atoms. The third-order valence-electron chi connectivity index (χ3n) is 30.5. The molecule has 9 aliphatic heterocycles. The van der Waals surface area contributed by atoms with Gasteiger partial charge >= 0.3 is 18.0 Å². The number of pyridine rings is 2. The van der Waals surface area contributed by atoms with Gasteiger partial charge in [0.2, 0.25) is 23.6 Å². The van der Waals surface area contributed by atoms with Gasteiger partial charge in [-0.1, -0.05) is 142 Å². The van der Waals surface area contributed by atoms with Crippen LogP contribution in [0.15, 0.2) is 215 Å². The second-order valence-corrected chi connectivity index (χ2v) is 40.5. The van der Waals surface area contributed by atoms with Crippen LogP contribution in [-0.2, 0) is 71.0 Å². The van der Waals surface area contributed by atoms with Crippen LogP contribution in [0.25, 0.3) is 43.1 Å². The van der Waals surface area contributed by atoms with E-state index in [-0.39, 0.29) is 72.2 Å². The number of allylic oxidation sites excluding steroid dienone is 1. The standard InChI is InChI=1S/C32H40N6O3.C31H35N5O3.C29H36N6O4.C24H26N6O/c1-3-30(40)36-15-17-37(18-16-36)31-27-11-14-38(29-20-25(39)19-24-9-5-6-10-26(24)29)22-28(27)33-32(34-31)41-23(2)21-35-12-7-4-8-13-35;1-3-29(38)34-12-14-35(15-13-34)30-26-10-11-36(28-18-24(37)17-23-6-4-5-7-25(23)28)19-27(26)32-31(33-30)39-20-22-9-8-21(2)16-22;1-4-27(38)33-11-13-34(14-12-33)28-24-9-10-35(26-16-22(37)15-20-7-5-6-8-23(20)26)17-25(24)30-29(31-28)39-19-21(18-36)32(2)3;1-2-23(31)29-13-11-28(12-14-29)21-7-9-26-20-16-30(10-8-19(20)21)24-18-6-4-3-5-17(18)15-22(25)27-24/h3,5-6,9-10,19-20,23,39H,1,4,7-8,11-18,21-22H2,2H3;3-7,17-18,22,37H,1-2,8-16,19-20H2;4-8,15-16,21,36-37H,1,9-14,17-19H2,2-3H3;2-7,9,15H,1,8,10-14,16H2,(H2,25,27)/t23-;22-;;/m11../s1. The molecule has 10 aliphatic rings. The summed E-state index contributed by atoms with van der Waals surface area (Å²) in [5, 5.41) is 49.6. The zero-order valence-electron chi connectivity index (χ0n) is 86.4. The van der Waals surface area contributed by atoms with Gasteiger partial charge in [-0.15, -0.1) is 0 Å². The van der Waals surface area contributed by atoms with E-state index in [1.54, 1.807) is 17.0 Å². The Morgan fingerprint density at radius 1 is 0.413 bits per heavy atom. The molecule has 3 atom stereocenters. The maximum atomic E-state index is 12.2. The number of phenols is 3. The predicted octanol–water partition coefficient (Wildman–Crippen LogP) is 13.1. The number of fused-ring (bicyclic) bond motifs is 8. The molecule has 6 fully saturated rings. The largest absolute Gasteiger partial charge is 0.508 e. The second-order valence-electron chi connectivity index (χ2n) is 40.5. The van der Waals surface area contributed by atoms with Gasteiger partial charge in [0.05, 0.1) is 68.2 Å². The summed E-state index contributed by atoms with van der Waals surface area (Å²) >= 11 is 0. The fourth-order valence-corrected chi connectivity index (χ4v) is 22.4. The third-order valence-corrected chi connectivity index (χ3v) is 30.5. The van der Waals surface area contributed by atoms with Crippen molar-refractivity contribution in [2.24, 2.45) is 5.92 Å². The Bertz CT molecular complexity index is 6990. The molecule has 7 aromatic carbocycles. The quantitative estimate of drug-likeness (QED) is 0.0277. The van der Waals surface area contributed by atoms with Gasteiger partial charge < -0.3 is 104 Å². The molecule has 14 heterocycles. The number of phenolic OH excluding ortho intramolecular Hbond substituents is 3. The van der Waals surface area contributed by atoms with Gasteiger partial charge in [-0.25, -0.2) is 4.98 Å². The van der Waals surface area contributed by atoms with E-state index in [1.165, 1.54) is 60.4 Å². The summed E-state index contributed by atoms with van der Waals surface area (Å²) in [6.45, 7) is 41.1. The molecule has 6 N–H and O–H groups in total. The monoisotopic (exact) mass is 2030 g/mol. The molecule has 0 spiro atoms. The summed E-state index contributed by atoms with van der Waals surface area (Å²) in [7, 11) is 3.79. The molecule has 1 unspecified atom stereocenters. The van der Waals surface area contributed by atoms with Gasteiger partial charge in [0.1, 0.15) is 59.0 Å². The molecule has 0 radical (unpaired) electrons. The first-order valence-electron chi connectivity index (χ1n) is 52.7. The van der Waals surface area contributed by atoms with Crippen LogP contribution in [0.4, 0.5) is 51.8 Å². The predicted molar refractivity (Wildman–Crippen MR) is 591 cm³/mol. The zero-order chi connectivity index (χ0) is 104. The molecular weight excluding hydrogens is 1890 g/mol. The Hall–Kier alpha value is -15.4. The number of carbonyl (C=O) groups excluding carboxylic acids is 4. The molecule has 34 heteroatoms. The number of aromatic hydroxyl groups is 3. The lowest BCUT2D eigenvalue weighted by Gasteiger charge is -2.38. The highest BCUT2D eigenvalue weighted by molar-refractivity contribution is 5.99. The van der Waals surface area contributed by atoms with Gasteiger partial charge in [-0.05, 0) is 174 Å².